The molecule has 9 nitrogen and oxygen atoms in total. The number of hydrogen-bond acceptors (Lipinski definition) is 5. The molecule has 0 saturated carbocycles. The standard InChI is InChI=1S/C18H24N4O5/c23-16(19-27)15-12-22(18(25)26)7-6-14(15)17(24)21-10-8-20(9-11-21)13-4-2-1-3-5-13/h1-5,14-15,27H,6-12H2,(H,19,23)(H,25,26). The Kier molecular flexibility index (Phi) is 5.80. The van der Waals surface area contributed by atoms with Crippen LogP contribution in [0.5, 0.6) is 0 Å². The lowest BCUT2D eigenvalue weighted by atomic mass is 9.83. The minimum atomic E-state index is -1.13. The summed E-state index contributed by atoms with van der Waals surface area (Å²) in [5.74, 6) is -2.39. The summed E-state index contributed by atoms with van der Waals surface area (Å²) in [7, 11) is 0. The Hall–Kier alpha value is -2.81. The Labute approximate surface area is 157 Å². The van der Waals surface area contributed by atoms with Gasteiger partial charge in [0.2, 0.25) is 11.8 Å². The highest BCUT2D eigenvalue weighted by Crippen LogP contribution is 2.27. The quantitative estimate of drug-likeness (QED) is 0.522. The molecule has 0 bridgehead atoms. The largest absolute Gasteiger partial charge is 0.465 e. The van der Waals surface area contributed by atoms with E-state index in [1.807, 2.05) is 30.3 Å². The maximum atomic E-state index is 13.0. The van der Waals surface area contributed by atoms with Crippen LogP contribution in [0.3, 0.4) is 0 Å². The molecule has 1 aromatic carbocycles. The van der Waals surface area contributed by atoms with E-state index < -0.39 is 23.8 Å². The van der Waals surface area contributed by atoms with Gasteiger partial charge in [0.1, 0.15) is 0 Å². The Balaban J connectivity index is 1.64. The minimum absolute atomic E-state index is 0.0951. The molecule has 2 aliphatic rings. The predicted octanol–water partition coefficient (Wildman–Crippen LogP) is 0.457. The van der Waals surface area contributed by atoms with E-state index in [-0.39, 0.29) is 25.4 Å². The van der Waals surface area contributed by atoms with Gasteiger partial charge in [0, 0.05) is 45.0 Å². The van der Waals surface area contributed by atoms with Gasteiger partial charge in [-0.1, -0.05) is 18.2 Å². The third-order valence-corrected chi connectivity index (χ3v) is 5.36. The number of nitrogens with one attached hydrogen (secondary N) is 1. The van der Waals surface area contributed by atoms with Gasteiger partial charge in [0.05, 0.1) is 11.8 Å². The van der Waals surface area contributed by atoms with Gasteiger partial charge in [-0.3, -0.25) is 14.8 Å². The second-order valence-corrected chi connectivity index (χ2v) is 6.85. The molecule has 2 heterocycles. The smallest absolute Gasteiger partial charge is 0.407 e. The first-order valence-electron chi connectivity index (χ1n) is 9.02. The van der Waals surface area contributed by atoms with Crippen LogP contribution >= 0.6 is 0 Å². The number of carbonyl (C=O) groups excluding carboxylic acids is 2. The van der Waals surface area contributed by atoms with Crippen LogP contribution in [0.1, 0.15) is 6.42 Å². The van der Waals surface area contributed by atoms with Crippen molar-refractivity contribution in [2.75, 3.05) is 44.2 Å². The number of hydrogen-bond donors (Lipinski definition) is 3. The number of carboxylic acid groups (broad SMARTS) is 1. The molecule has 27 heavy (non-hydrogen) atoms. The number of hydroxylamine groups is 1. The number of piperazine rings is 1. The average Bonchev–Trinajstić information content (AvgIpc) is 2.73. The lowest BCUT2D eigenvalue weighted by Gasteiger charge is -2.41. The van der Waals surface area contributed by atoms with E-state index in [9.17, 15) is 14.4 Å². The molecule has 1 aromatic rings. The molecule has 9 heteroatoms. The molecule has 0 aromatic heterocycles. The van der Waals surface area contributed by atoms with Crippen LogP contribution in [0.4, 0.5) is 10.5 Å². The third-order valence-electron chi connectivity index (χ3n) is 5.36. The SMILES string of the molecule is O=C(NO)C1CN(C(=O)O)CCC1C(=O)N1CCN(c2ccccc2)CC1. The summed E-state index contributed by atoms with van der Waals surface area (Å²) >= 11 is 0. The predicted molar refractivity (Wildman–Crippen MR) is 96.4 cm³/mol. The maximum Gasteiger partial charge on any atom is 0.407 e. The number of amides is 3. The number of anilines is 1. The van der Waals surface area contributed by atoms with E-state index in [0.717, 1.165) is 10.6 Å². The molecule has 2 fully saturated rings. The number of benzene rings is 1. The van der Waals surface area contributed by atoms with Crippen LogP contribution in [0.2, 0.25) is 0 Å². The Morgan fingerprint density at radius 3 is 2.19 bits per heavy atom. The summed E-state index contributed by atoms with van der Waals surface area (Å²) in [4.78, 5) is 41.2. The summed E-state index contributed by atoms with van der Waals surface area (Å²) < 4.78 is 0. The molecule has 3 N–H and O–H groups in total. The van der Waals surface area contributed by atoms with Gasteiger partial charge >= 0.3 is 6.09 Å². The first-order chi connectivity index (χ1) is 13.0. The van der Waals surface area contributed by atoms with Crippen molar-refractivity contribution in [2.45, 2.75) is 6.42 Å². The number of rotatable bonds is 3. The Morgan fingerprint density at radius 1 is 0.926 bits per heavy atom. The van der Waals surface area contributed by atoms with E-state index in [0.29, 0.717) is 26.2 Å². The van der Waals surface area contributed by atoms with Crippen LogP contribution in [-0.2, 0) is 9.59 Å². The van der Waals surface area contributed by atoms with E-state index in [2.05, 4.69) is 4.90 Å². The van der Waals surface area contributed by atoms with E-state index >= 15 is 0 Å². The fourth-order valence-corrected chi connectivity index (χ4v) is 3.83. The fraction of sp³-hybridized carbons (Fsp3) is 0.500. The average molecular weight is 376 g/mol. The molecular weight excluding hydrogens is 352 g/mol. The van der Waals surface area contributed by atoms with Crippen LogP contribution in [0.25, 0.3) is 0 Å². The maximum absolute atomic E-state index is 13.0. The molecule has 3 amide bonds. The second kappa shape index (κ2) is 8.26. The molecule has 2 aliphatic heterocycles. The third kappa shape index (κ3) is 4.13. The highest BCUT2D eigenvalue weighted by Gasteiger charge is 2.42. The van der Waals surface area contributed by atoms with E-state index in [1.54, 1.807) is 10.4 Å². The van der Waals surface area contributed by atoms with Gasteiger partial charge < -0.3 is 19.8 Å². The zero-order valence-electron chi connectivity index (χ0n) is 15.0. The van der Waals surface area contributed by atoms with Crippen LogP contribution in [0.15, 0.2) is 30.3 Å². The van der Waals surface area contributed by atoms with Gasteiger partial charge in [-0.25, -0.2) is 10.3 Å². The molecule has 146 valence electrons. The number of nitrogens with zero attached hydrogens (tertiary/aromatic N) is 3. The molecule has 0 aliphatic carbocycles. The molecule has 0 radical (unpaired) electrons. The zero-order valence-corrected chi connectivity index (χ0v) is 15.0. The Bertz CT molecular complexity index is 690. The first kappa shape index (κ1) is 19.0. The van der Waals surface area contributed by atoms with Gasteiger partial charge in [0.25, 0.3) is 0 Å². The monoisotopic (exact) mass is 376 g/mol. The molecule has 2 unspecified atom stereocenters. The van der Waals surface area contributed by atoms with Gasteiger partial charge in [0.15, 0.2) is 0 Å². The van der Waals surface area contributed by atoms with Crippen molar-refractivity contribution < 1.29 is 24.7 Å². The Morgan fingerprint density at radius 2 is 1.59 bits per heavy atom. The van der Waals surface area contributed by atoms with E-state index in [1.165, 1.54) is 0 Å². The van der Waals surface area contributed by atoms with Crippen molar-refractivity contribution in [1.29, 1.82) is 0 Å². The van der Waals surface area contributed by atoms with Gasteiger partial charge in [-0.05, 0) is 18.6 Å². The summed E-state index contributed by atoms with van der Waals surface area (Å²) in [6, 6.07) is 9.96. The van der Waals surface area contributed by atoms with Crippen molar-refractivity contribution in [2.24, 2.45) is 11.8 Å². The number of para-hydroxylation sites is 1. The molecule has 2 saturated heterocycles. The number of piperidine rings is 1. The van der Waals surface area contributed by atoms with Crippen LogP contribution in [0, 0.1) is 11.8 Å². The lowest BCUT2D eigenvalue weighted by molar-refractivity contribution is -0.148. The second-order valence-electron chi connectivity index (χ2n) is 6.85. The molecule has 3 rings (SSSR count). The van der Waals surface area contributed by atoms with Crippen LogP contribution in [-0.4, -0.2) is 77.3 Å². The molecule has 2 atom stereocenters. The van der Waals surface area contributed by atoms with E-state index in [4.69, 9.17) is 10.3 Å². The molecule has 0 spiro atoms. The van der Waals surface area contributed by atoms with Crippen molar-refractivity contribution >= 4 is 23.6 Å². The summed E-state index contributed by atoms with van der Waals surface area (Å²) in [5, 5.41) is 18.1. The molecular formula is C18H24N4O5. The summed E-state index contributed by atoms with van der Waals surface area (Å²) in [5.41, 5.74) is 2.68. The highest BCUT2D eigenvalue weighted by molar-refractivity contribution is 5.88. The first-order valence-corrected chi connectivity index (χ1v) is 9.02. The summed E-state index contributed by atoms with van der Waals surface area (Å²) in [6.45, 7) is 2.58. The van der Waals surface area contributed by atoms with Crippen molar-refractivity contribution in [3.05, 3.63) is 30.3 Å². The van der Waals surface area contributed by atoms with Crippen molar-refractivity contribution in [3.8, 4) is 0 Å². The fourth-order valence-electron chi connectivity index (χ4n) is 3.83. The normalized spacial score (nSPS) is 23.1. The van der Waals surface area contributed by atoms with Gasteiger partial charge in [-0.15, -0.1) is 0 Å². The van der Waals surface area contributed by atoms with Crippen LogP contribution < -0.4 is 10.4 Å². The van der Waals surface area contributed by atoms with Crippen molar-refractivity contribution in [1.82, 2.24) is 15.3 Å². The summed E-state index contributed by atoms with van der Waals surface area (Å²) in [6.07, 6.45) is -0.865. The zero-order chi connectivity index (χ0) is 19.4. The van der Waals surface area contributed by atoms with Gasteiger partial charge in [-0.2, -0.15) is 0 Å². The van der Waals surface area contributed by atoms with Crippen molar-refractivity contribution in [3.63, 3.8) is 0 Å². The lowest BCUT2D eigenvalue weighted by Crippen LogP contribution is -2.56. The minimum Gasteiger partial charge on any atom is -0.465 e. The number of carbonyl (C=O) groups is 3. The highest BCUT2D eigenvalue weighted by atomic mass is 16.5. The number of likely N-dealkylation sites (tertiary alicyclic amines) is 1. The topological polar surface area (TPSA) is 113 Å².